The minimum atomic E-state index is -0.930. The van der Waals surface area contributed by atoms with Gasteiger partial charge in [-0.05, 0) is 38.5 Å². The van der Waals surface area contributed by atoms with Gasteiger partial charge in [0.05, 0.1) is 10.5 Å². The second-order valence-electron chi connectivity index (χ2n) is 8.23. The molecule has 0 heterocycles. The summed E-state index contributed by atoms with van der Waals surface area (Å²) < 4.78 is 5.76. The molecular weight excluding hydrogens is 447 g/mol. The molecule has 2 aliphatic rings. The number of hydrogen-bond acceptors (Lipinski definition) is 3. The predicted molar refractivity (Wildman–Crippen MR) is 101 cm³/mol. The van der Waals surface area contributed by atoms with Crippen LogP contribution in [0, 0.1) is 10.8 Å². The third-order valence-corrected chi connectivity index (χ3v) is 9.99. The van der Waals surface area contributed by atoms with E-state index < -0.39 is 22.0 Å². The first-order chi connectivity index (χ1) is 10.3. The number of aliphatic hydroxyl groups is 1. The molecule has 6 atom stereocenters. The Morgan fingerprint density at radius 1 is 1.17 bits per heavy atom. The molecule has 4 unspecified atom stereocenters. The normalized spacial score (nSPS) is 49.9. The third-order valence-electron chi connectivity index (χ3n) is 6.38. The van der Waals surface area contributed by atoms with Crippen LogP contribution in [-0.2, 0) is 9.53 Å². The summed E-state index contributed by atoms with van der Waals surface area (Å²) in [6.45, 7) is 9.60. The number of hydrogen-bond donors (Lipinski definition) is 1. The summed E-state index contributed by atoms with van der Waals surface area (Å²) in [4.78, 5) is 11.5. The third kappa shape index (κ3) is 3.02. The summed E-state index contributed by atoms with van der Waals surface area (Å²) in [5.74, 6) is -0.321. The summed E-state index contributed by atoms with van der Waals surface area (Å²) in [5, 5.41) is 11.4. The lowest BCUT2D eigenvalue weighted by molar-refractivity contribution is -0.238. The van der Waals surface area contributed by atoms with Crippen molar-refractivity contribution in [2.75, 3.05) is 0 Å². The minimum absolute atomic E-state index is 0.0343. The molecule has 6 heteroatoms. The summed E-state index contributed by atoms with van der Waals surface area (Å²) in [6, 6.07) is 0. The average molecular weight is 475 g/mol. The zero-order valence-electron chi connectivity index (χ0n) is 14.5. The van der Waals surface area contributed by atoms with Crippen LogP contribution in [0.4, 0.5) is 0 Å². The SMILES string of the molecule is CC(=O)OC1CC(C)(Cl)C(Br)CC12C(C)(C)[C@H](Br)CC[C@@]2(C)O. The quantitative estimate of drug-likeness (QED) is 0.439. The number of carbonyl (C=O) groups is 1. The summed E-state index contributed by atoms with van der Waals surface area (Å²) in [5.41, 5.74) is -1.75. The minimum Gasteiger partial charge on any atom is -0.462 e. The monoisotopic (exact) mass is 472 g/mol. The van der Waals surface area contributed by atoms with Crippen LogP contribution in [0.5, 0.6) is 0 Å². The standard InChI is InChI=1S/C17H27Br2ClO3/c1-10(21)23-13-9-15(4,20)12(19)8-17(13)14(2,3)11(18)6-7-16(17,5)22/h11-13,22H,6-9H2,1-5H3/t11-,12?,13?,15?,16-,17?/m1/s1. The Hall–Kier alpha value is 0.680. The zero-order valence-corrected chi connectivity index (χ0v) is 18.4. The van der Waals surface area contributed by atoms with E-state index in [1.807, 2.05) is 13.8 Å². The largest absolute Gasteiger partial charge is 0.462 e. The maximum atomic E-state index is 11.8. The van der Waals surface area contributed by atoms with Gasteiger partial charge in [-0.25, -0.2) is 0 Å². The van der Waals surface area contributed by atoms with Gasteiger partial charge in [0.2, 0.25) is 0 Å². The van der Waals surface area contributed by atoms with Crippen LogP contribution in [0.1, 0.15) is 60.3 Å². The highest BCUT2D eigenvalue weighted by molar-refractivity contribution is 9.09. The first-order valence-corrected chi connectivity index (χ1v) is 10.4. The maximum Gasteiger partial charge on any atom is 0.302 e. The van der Waals surface area contributed by atoms with Gasteiger partial charge in [0.25, 0.3) is 0 Å². The number of alkyl halides is 3. The lowest BCUT2D eigenvalue weighted by Crippen LogP contribution is -2.71. The molecule has 2 saturated carbocycles. The van der Waals surface area contributed by atoms with E-state index in [1.165, 1.54) is 6.92 Å². The Kier molecular flexibility index (Phi) is 5.34. The molecule has 2 fully saturated rings. The lowest BCUT2D eigenvalue weighted by atomic mass is 9.45. The van der Waals surface area contributed by atoms with E-state index in [2.05, 4.69) is 45.7 Å². The molecule has 0 aromatic carbocycles. The zero-order chi connectivity index (χ0) is 17.8. The van der Waals surface area contributed by atoms with Crippen LogP contribution in [0.15, 0.2) is 0 Å². The maximum absolute atomic E-state index is 11.8. The molecule has 0 bridgehead atoms. The average Bonchev–Trinajstić information content (AvgIpc) is 2.37. The number of carbonyl (C=O) groups excluding carboxylic acids is 1. The fourth-order valence-corrected chi connectivity index (χ4v) is 6.40. The van der Waals surface area contributed by atoms with Crippen LogP contribution in [-0.4, -0.2) is 37.3 Å². The van der Waals surface area contributed by atoms with Crippen molar-refractivity contribution < 1.29 is 14.6 Å². The van der Waals surface area contributed by atoms with Crippen molar-refractivity contribution in [3.63, 3.8) is 0 Å². The molecule has 0 saturated heterocycles. The van der Waals surface area contributed by atoms with Gasteiger partial charge in [-0.15, -0.1) is 11.6 Å². The highest BCUT2D eigenvalue weighted by Gasteiger charge is 2.69. The van der Waals surface area contributed by atoms with Crippen molar-refractivity contribution in [2.24, 2.45) is 10.8 Å². The second kappa shape index (κ2) is 6.14. The van der Waals surface area contributed by atoms with Gasteiger partial charge >= 0.3 is 5.97 Å². The van der Waals surface area contributed by atoms with Gasteiger partial charge in [-0.2, -0.15) is 0 Å². The Labute approximate surface area is 161 Å². The van der Waals surface area contributed by atoms with Crippen LogP contribution >= 0.6 is 43.5 Å². The number of rotatable bonds is 1. The molecule has 0 aromatic rings. The topological polar surface area (TPSA) is 46.5 Å². The van der Waals surface area contributed by atoms with Crippen molar-refractivity contribution in [2.45, 2.75) is 86.5 Å². The van der Waals surface area contributed by atoms with Gasteiger partial charge in [-0.1, -0.05) is 45.7 Å². The summed E-state index contributed by atoms with van der Waals surface area (Å²) in [7, 11) is 0. The lowest BCUT2D eigenvalue weighted by Gasteiger charge is -2.66. The summed E-state index contributed by atoms with van der Waals surface area (Å²) >= 11 is 14.2. The highest BCUT2D eigenvalue weighted by Crippen LogP contribution is 2.66. The number of esters is 1. The Bertz CT molecular complexity index is 492. The van der Waals surface area contributed by atoms with E-state index in [4.69, 9.17) is 16.3 Å². The van der Waals surface area contributed by atoms with Crippen molar-refractivity contribution >= 4 is 49.4 Å². The molecule has 3 nitrogen and oxygen atoms in total. The molecule has 0 amide bonds. The number of halogens is 3. The van der Waals surface area contributed by atoms with Crippen LogP contribution in [0.25, 0.3) is 0 Å². The van der Waals surface area contributed by atoms with Crippen molar-refractivity contribution in [1.82, 2.24) is 0 Å². The van der Waals surface area contributed by atoms with E-state index >= 15 is 0 Å². The molecule has 2 rings (SSSR count). The molecule has 0 radical (unpaired) electrons. The van der Waals surface area contributed by atoms with Gasteiger partial charge < -0.3 is 9.84 Å². The van der Waals surface area contributed by atoms with E-state index in [0.29, 0.717) is 19.3 Å². The van der Waals surface area contributed by atoms with Gasteiger partial charge in [0.1, 0.15) is 6.10 Å². The fourth-order valence-electron chi connectivity index (χ4n) is 4.84. The van der Waals surface area contributed by atoms with E-state index in [9.17, 15) is 9.90 Å². The Balaban J connectivity index is 2.61. The Morgan fingerprint density at radius 3 is 2.26 bits per heavy atom. The predicted octanol–water partition coefficient (Wildman–Crippen LogP) is 4.79. The molecule has 1 spiro atoms. The van der Waals surface area contributed by atoms with Crippen LogP contribution in [0.3, 0.4) is 0 Å². The molecule has 0 aromatic heterocycles. The molecule has 23 heavy (non-hydrogen) atoms. The molecular formula is C17H27Br2ClO3. The molecule has 2 aliphatic carbocycles. The van der Waals surface area contributed by atoms with E-state index in [1.54, 1.807) is 0 Å². The van der Waals surface area contributed by atoms with Crippen molar-refractivity contribution in [3.05, 3.63) is 0 Å². The highest BCUT2D eigenvalue weighted by atomic mass is 79.9. The van der Waals surface area contributed by atoms with Gasteiger partial charge in [0.15, 0.2) is 0 Å². The molecule has 0 aliphatic heterocycles. The molecule has 134 valence electrons. The smallest absolute Gasteiger partial charge is 0.302 e. The van der Waals surface area contributed by atoms with Crippen molar-refractivity contribution in [1.29, 1.82) is 0 Å². The van der Waals surface area contributed by atoms with E-state index in [-0.39, 0.29) is 21.0 Å². The van der Waals surface area contributed by atoms with Crippen LogP contribution < -0.4 is 0 Å². The first-order valence-electron chi connectivity index (χ1n) is 8.14. The van der Waals surface area contributed by atoms with Gasteiger partial charge in [-0.3, -0.25) is 4.79 Å². The molecule has 1 N–H and O–H groups in total. The first kappa shape index (κ1) is 20.0. The van der Waals surface area contributed by atoms with Gasteiger partial charge in [0, 0.05) is 28.4 Å². The van der Waals surface area contributed by atoms with E-state index in [0.717, 1.165) is 6.42 Å². The Morgan fingerprint density at radius 2 is 1.74 bits per heavy atom. The van der Waals surface area contributed by atoms with Crippen molar-refractivity contribution in [3.8, 4) is 0 Å². The van der Waals surface area contributed by atoms with Crippen LogP contribution in [0.2, 0.25) is 0 Å². The number of ether oxygens (including phenoxy) is 1. The second-order valence-corrected chi connectivity index (χ2v) is 11.3. The summed E-state index contributed by atoms with van der Waals surface area (Å²) in [6.07, 6.45) is 2.32. The fraction of sp³-hybridized carbons (Fsp3) is 0.941.